The molecule has 3 aromatic carbocycles. The lowest BCUT2D eigenvalue weighted by Crippen LogP contribution is -2.44. The Morgan fingerprint density at radius 3 is 2.50 bits per heavy atom. The lowest BCUT2D eigenvalue weighted by Gasteiger charge is -2.33. The van der Waals surface area contributed by atoms with Crippen molar-refractivity contribution in [1.82, 2.24) is 25.2 Å². The van der Waals surface area contributed by atoms with E-state index in [-0.39, 0.29) is 67.3 Å². The standard InChI is InChI=1S/C38H41ClF3N7O5/c1-37(2)21-44-33-32(54-33)26-10-12-27(13-11-26)45-35-46-34(47-36(48-35)53-23-38(40,41)42)43-20-24-9-15-30(28(39)19-24)52-18-6-17-49(22-37)31(51)16-14-29(50)25-7-4-3-5-8-25/h3-5,7-13,15,19,32-33,44H,6,14,16-18,20-23H2,1-2H3,(H2,43,45,46,47,48). The van der Waals surface area contributed by atoms with Gasteiger partial charge in [-0.05, 0) is 47.2 Å². The van der Waals surface area contributed by atoms with Crippen LogP contribution in [0.4, 0.5) is 30.8 Å². The van der Waals surface area contributed by atoms with Gasteiger partial charge in [-0.25, -0.2) is 0 Å². The van der Waals surface area contributed by atoms with Gasteiger partial charge in [0.15, 0.2) is 12.4 Å². The van der Waals surface area contributed by atoms with Crippen molar-refractivity contribution >= 4 is 40.9 Å². The smallest absolute Gasteiger partial charge is 0.422 e. The van der Waals surface area contributed by atoms with Crippen molar-refractivity contribution in [3.8, 4) is 11.8 Å². The van der Waals surface area contributed by atoms with Crippen LogP contribution in [-0.4, -0.2) is 76.8 Å². The molecule has 1 amide bonds. The Hall–Kier alpha value is -4.99. The second-order valence-corrected chi connectivity index (χ2v) is 14.3. The summed E-state index contributed by atoms with van der Waals surface area (Å²) < 4.78 is 55.6. The highest BCUT2D eigenvalue weighted by atomic mass is 35.5. The molecule has 286 valence electrons. The highest BCUT2D eigenvalue weighted by molar-refractivity contribution is 6.32. The first kappa shape index (κ1) is 38.7. The SMILES string of the molecule is CC1(C)CNC2OC2c2ccc(cc2)Nc2nc(nc(OCC(F)(F)F)n2)NCc2ccc(c(Cl)c2)OCCCN(C(=O)CCC(=O)c2ccccc2)C1. The Labute approximate surface area is 315 Å². The Bertz CT molecular complexity index is 1920. The molecule has 4 aromatic rings. The number of carbonyl (C=O) groups excluding carboxylic acids is 2. The maximum atomic E-state index is 13.6. The van der Waals surface area contributed by atoms with Crippen molar-refractivity contribution in [3.05, 3.63) is 94.5 Å². The predicted molar refractivity (Wildman–Crippen MR) is 196 cm³/mol. The molecular formula is C38H41ClF3N7O5. The number of nitrogens with one attached hydrogen (secondary N) is 3. The number of hydrogen-bond acceptors (Lipinski definition) is 11. The van der Waals surface area contributed by atoms with E-state index in [0.717, 1.165) is 11.1 Å². The van der Waals surface area contributed by atoms with Crippen LogP contribution in [0.25, 0.3) is 0 Å². The topological polar surface area (TPSA) is 143 Å². The average molecular weight is 768 g/mol. The molecule has 5 heterocycles. The quantitative estimate of drug-likeness (QED) is 0.137. The molecule has 6 bridgehead atoms. The number of epoxide rings is 1. The minimum absolute atomic E-state index is 0.0185. The summed E-state index contributed by atoms with van der Waals surface area (Å²) in [6.07, 6.45) is -4.31. The van der Waals surface area contributed by atoms with Crippen LogP contribution >= 0.6 is 11.6 Å². The molecule has 1 aromatic heterocycles. The Kier molecular flexibility index (Phi) is 12.2. The summed E-state index contributed by atoms with van der Waals surface area (Å²) in [6.45, 7) is 4.42. The normalized spacial score (nSPS) is 18.9. The third-order valence-electron chi connectivity index (χ3n) is 8.66. The number of fused-ring (bicyclic) bond motifs is 2. The van der Waals surface area contributed by atoms with Crippen LogP contribution < -0.4 is 25.4 Å². The molecule has 4 aliphatic heterocycles. The molecule has 1 fully saturated rings. The first-order chi connectivity index (χ1) is 25.8. The molecule has 3 N–H and O–H groups in total. The number of Topliss-reactive ketones (excluding diaryl/α,β-unsaturated/α-hetero) is 1. The summed E-state index contributed by atoms with van der Waals surface area (Å²) in [5, 5.41) is 9.80. The van der Waals surface area contributed by atoms with Gasteiger partial charge < -0.3 is 29.7 Å². The summed E-state index contributed by atoms with van der Waals surface area (Å²) >= 11 is 6.56. The molecule has 0 saturated carbocycles. The van der Waals surface area contributed by atoms with Gasteiger partial charge in [-0.2, -0.15) is 28.1 Å². The second kappa shape index (κ2) is 17.0. The number of carbonyl (C=O) groups is 2. The number of ketones is 1. The van der Waals surface area contributed by atoms with Crippen LogP contribution in [0.1, 0.15) is 60.7 Å². The summed E-state index contributed by atoms with van der Waals surface area (Å²) in [5.41, 5.74) is 2.44. The third kappa shape index (κ3) is 11.3. The summed E-state index contributed by atoms with van der Waals surface area (Å²) in [4.78, 5) is 40.5. The van der Waals surface area contributed by atoms with Gasteiger partial charge in [-0.15, -0.1) is 0 Å². The lowest BCUT2D eigenvalue weighted by molar-refractivity contribution is -0.154. The minimum atomic E-state index is -4.59. The molecule has 0 spiro atoms. The maximum absolute atomic E-state index is 13.6. The number of halogens is 4. The molecular weight excluding hydrogens is 727 g/mol. The van der Waals surface area contributed by atoms with Crippen LogP contribution in [-0.2, 0) is 16.1 Å². The molecule has 16 heteroatoms. The van der Waals surface area contributed by atoms with Gasteiger partial charge in [0.05, 0.1) is 11.6 Å². The van der Waals surface area contributed by atoms with E-state index in [0.29, 0.717) is 48.1 Å². The Balaban J connectivity index is 1.19. The number of benzene rings is 3. The van der Waals surface area contributed by atoms with Crippen molar-refractivity contribution in [2.24, 2.45) is 5.41 Å². The predicted octanol–water partition coefficient (Wildman–Crippen LogP) is 7.11. The van der Waals surface area contributed by atoms with Gasteiger partial charge in [-0.1, -0.05) is 74.0 Å². The van der Waals surface area contributed by atoms with E-state index in [1.807, 2.05) is 18.2 Å². The van der Waals surface area contributed by atoms with Gasteiger partial charge in [0, 0.05) is 50.3 Å². The summed E-state index contributed by atoms with van der Waals surface area (Å²) in [6, 6.07) is 20.9. The number of nitrogens with zero attached hydrogens (tertiary/aromatic N) is 4. The van der Waals surface area contributed by atoms with Gasteiger partial charge in [0.1, 0.15) is 18.1 Å². The fourth-order valence-electron chi connectivity index (χ4n) is 5.89. The van der Waals surface area contributed by atoms with E-state index >= 15 is 0 Å². The molecule has 4 aliphatic rings. The van der Waals surface area contributed by atoms with Crippen LogP contribution in [0.2, 0.25) is 5.02 Å². The number of rotatable bonds is 6. The van der Waals surface area contributed by atoms with Crippen LogP contribution in [0.3, 0.4) is 0 Å². The molecule has 2 unspecified atom stereocenters. The summed E-state index contributed by atoms with van der Waals surface area (Å²) in [5.74, 6) is 0.207. The van der Waals surface area contributed by atoms with Crippen LogP contribution in [0.15, 0.2) is 72.8 Å². The number of ether oxygens (including phenoxy) is 3. The second-order valence-electron chi connectivity index (χ2n) is 13.9. The zero-order valence-electron chi connectivity index (χ0n) is 29.8. The highest BCUT2D eigenvalue weighted by Crippen LogP contribution is 2.38. The van der Waals surface area contributed by atoms with E-state index < -0.39 is 18.8 Å². The molecule has 0 aliphatic carbocycles. The molecule has 0 radical (unpaired) electrons. The first-order valence-electron chi connectivity index (χ1n) is 17.5. The fourth-order valence-corrected chi connectivity index (χ4v) is 6.14. The zero-order valence-corrected chi connectivity index (χ0v) is 30.5. The van der Waals surface area contributed by atoms with Gasteiger partial charge >= 0.3 is 12.2 Å². The van der Waals surface area contributed by atoms with E-state index in [2.05, 4.69) is 44.7 Å². The van der Waals surface area contributed by atoms with Crippen molar-refractivity contribution in [1.29, 1.82) is 0 Å². The maximum Gasteiger partial charge on any atom is 0.422 e. The zero-order chi connectivity index (χ0) is 38.3. The minimum Gasteiger partial charge on any atom is -0.492 e. The van der Waals surface area contributed by atoms with Crippen molar-refractivity contribution < 1.29 is 37.0 Å². The van der Waals surface area contributed by atoms with E-state index in [4.69, 9.17) is 25.8 Å². The highest BCUT2D eigenvalue weighted by Gasteiger charge is 2.41. The number of anilines is 3. The molecule has 8 rings (SSSR count). The molecule has 54 heavy (non-hydrogen) atoms. The lowest BCUT2D eigenvalue weighted by atomic mass is 9.92. The first-order valence-corrected chi connectivity index (χ1v) is 17.9. The Morgan fingerprint density at radius 1 is 1.00 bits per heavy atom. The molecule has 12 nitrogen and oxygen atoms in total. The third-order valence-corrected chi connectivity index (χ3v) is 8.95. The van der Waals surface area contributed by atoms with Crippen molar-refractivity contribution in [2.45, 2.75) is 58.2 Å². The number of amides is 1. The largest absolute Gasteiger partial charge is 0.492 e. The Morgan fingerprint density at radius 2 is 1.76 bits per heavy atom. The molecule has 2 atom stereocenters. The monoisotopic (exact) mass is 767 g/mol. The molecule has 1 saturated heterocycles. The van der Waals surface area contributed by atoms with Crippen LogP contribution in [0, 0.1) is 5.41 Å². The van der Waals surface area contributed by atoms with E-state index in [9.17, 15) is 22.8 Å². The average Bonchev–Trinajstić information content (AvgIpc) is 3.93. The number of alkyl halides is 3. The van der Waals surface area contributed by atoms with Crippen molar-refractivity contribution in [3.63, 3.8) is 0 Å². The fraction of sp³-hybridized carbons (Fsp3) is 0.395. The number of aromatic nitrogens is 3. The van der Waals surface area contributed by atoms with E-state index in [1.165, 1.54) is 0 Å². The van der Waals surface area contributed by atoms with Crippen LogP contribution in [0.5, 0.6) is 11.8 Å². The van der Waals surface area contributed by atoms with Gasteiger partial charge in [-0.3, -0.25) is 14.9 Å². The van der Waals surface area contributed by atoms with Crippen molar-refractivity contribution in [2.75, 3.05) is 43.5 Å². The van der Waals surface area contributed by atoms with E-state index in [1.54, 1.807) is 59.5 Å². The number of hydrogen-bond donors (Lipinski definition) is 3. The van der Waals surface area contributed by atoms with Gasteiger partial charge in [0.25, 0.3) is 0 Å². The van der Waals surface area contributed by atoms with Gasteiger partial charge in [0.2, 0.25) is 17.8 Å². The summed E-state index contributed by atoms with van der Waals surface area (Å²) in [7, 11) is 0.